The summed E-state index contributed by atoms with van der Waals surface area (Å²) in [4.78, 5) is 4.32. The van der Waals surface area contributed by atoms with Gasteiger partial charge in [-0.25, -0.2) is 0 Å². The van der Waals surface area contributed by atoms with Gasteiger partial charge in [-0.3, -0.25) is 0 Å². The van der Waals surface area contributed by atoms with Crippen LogP contribution in [0.25, 0.3) is 0 Å². The maximum absolute atomic E-state index is 5.87. The summed E-state index contributed by atoms with van der Waals surface area (Å²) in [5.41, 5.74) is 5.26. The Hall–Kier alpha value is -0.900. The molecule has 0 amide bonds. The molecule has 1 aromatic rings. The third-order valence-corrected chi connectivity index (χ3v) is 2.47. The van der Waals surface area contributed by atoms with E-state index in [0.717, 1.165) is 6.42 Å². The average molecular weight is 197 g/mol. The predicted octanol–water partition coefficient (Wildman–Crippen LogP) is 1.95. The maximum Gasteiger partial charge on any atom is 0.232 e. The first-order valence-corrected chi connectivity index (χ1v) is 4.91. The van der Waals surface area contributed by atoms with E-state index in [2.05, 4.69) is 30.9 Å². The van der Waals surface area contributed by atoms with Crippen LogP contribution in [0.5, 0.6) is 0 Å². The van der Waals surface area contributed by atoms with Crippen molar-refractivity contribution in [3.63, 3.8) is 0 Å². The predicted molar refractivity (Wildman–Crippen MR) is 54.8 cm³/mol. The monoisotopic (exact) mass is 197 g/mol. The Balaban J connectivity index is 3.00. The Morgan fingerprint density at radius 2 is 1.86 bits per heavy atom. The Kier molecular flexibility index (Phi) is 2.67. The Morgan fingerprint density at radius 3 is 2.21 bits per heavy atom. The lowest BCUT2D eigenvalue weighted by atomic mass is 9.90. The zero-order valence-electron chi connectivity index (χ0n) is 9.59. The third kappa shape index (κ3) is 2.12. The summed E-state index contributed by atoms with van der Waals surface area (Å²) >= 11 is 0. The second-order valence-corrected chi connectivity index (χ2v) is 4.88. The summed E-state index contributed by atoms with van der Waals surface area (Å²) < 4.78 is 5.21. The molecule has 1 aromatic heterocycles. The molecule has 4 heteroatoms. The lowest BCUT2D eigenvalue weighted by Gasteiger charge is -2.16. The highest BCUT2D eigenvalue weighted by Gasteiger charge is 2.29. The molecule has 0 atom stereocenters. The van der Waals surface area contributed by atoms with E-state index < -0.39 is 5.54 Å². The summed E-state index contributed by atoms with van der Waals surface area (Å²) in [5, 5.41) is 3.89. The smallest absolute Gasteiger partial charge is 0.232 e. The number of aromatic nitrogens is 2. The van der Waals surface area contributed by atoms with Gasteiger partial charge in [0.1, 0.15) is 0 Å². The van der Waals surface area contributed by atoms with Gasteiger partial charge < -0.3 is 10.3 Å². The van der Waals surface area contributed by atoms with Gasteiger partial charge in [-0.2, -0.15) is 4.98 Å². The zero-order chi connectivity index (χ0) is 11.0. The Morgan fingerprint density at radius 1 is 1.29 bits per heavy atom. The molecule has 1 rings (SSSR count). The van der Waals surface area contributed by atoms with Crippen molar-refractivity contribution in [3.8, 4) is 0 Å². The van der Waals surface area contributed by atoms with E-state index >= 15 is 0 Å². The first-order valence-electron chi connectivity index (χ1n) is 4.91. The van der Waals surface area contributed by atoms with Gasteiger partial charge in [-0.15, -0.1) is 0 Å². The van der Waals surface area contributed by atoms with Crippen molar-refractivity contribution in [2.45, 2.75) is 52.0 Å². The van der Waals surface area contributed by atoms with E-state index in [0.29, 0.717) is 11.7 Å². The van der Waals surface area contributed by atoms with Crippen LogP contribution in [-0.2, 0) is 11.0 Å². The van der Waals surface area contributed by atoms with Crippen molar-refractivity contribution in [3.05, 3.63) is 11.7 Å². The molecule has 4 nitrogen and oxygen atoms in total. The Labute approximate surface area is 84.9 Å². The molecule has 0 radical (unpaired) electrons. The molecule has 0 spiro atoms. The van der Waals surface area contributed by atoms with E-state index in [9.17, 15) is 0 Å². The molecule has 2 N–H and O–H groups in total. The van der Waals surface area contributed by atoms with Crippen LogP contribution in [0.4, 0.5) is 0 Å². The van der Waals surface area contributed by atoms with Crippen LogP contribution in [0.15, 0.2) is 4.52 Å². The van der Waals surface area contributed by atoms with Crippen molar-refractivity contribution >= 4 is 0 Å². The molecule has 0 aliphatic heterocycles. The summed E-state index contributed by atoms with van der Waals surface area (Å²) in [5.74, 6) is 1.22. The van der Waals surface area contributed by atoms with Crippen LogP contribution in [0.3, 0.4) is 0 Å². The highest BCUT2D eigenvalue weighted by atomic mass is 16.5. The molecule has 0 aliphatic rings. The van der Waals surface area contributed by atoms with Gasteiger partial charge in [0, 0.05) is 5.41 Å². The number of hydrogen-bond acceptors (Lipinski definition) is 4. The van der Waals surface area contributed by atoms with Gasteiger partial charge in [0.25, 0.3) is 0 Å². The topological polar surface area (TPSA) is 64.9 Å². The second kappa shape index (κ2) is 3.35. The molecule has 0 unspecified atom stereocenters. The van der Waals surface area contributed by atoms with E-state index in [1.807, 2.05) is 13.8 Å². The molecular formula is C10H19N3O. The van der Waals surface area contributed by atoms with E-state index in [-0.39, 0.29) is 5.41 Å². The van der Waals surface area contributed by atoms with E-state index in [1.54, 1.807) is 0 Å². The molecule has 0 aromatic carbocycles. The van der Waals surface area contributed by atoms with Gasteiger partial charge in [-0.05, 0) is 20.3 Å². The van der Waals surface area contributed by atoms with Crippen molar-refractivity contribution in [2.75, 3.05) is 0 Å². The molecule has 80 valence electrons. The first-order chi connectivity index (χ1) is 6.27. The summed E-state index contributed by atoms with van der Waals surface area (Å²) in [6.45, 7) is 9.97. The summed E-state index contributed by atoms with van der Waals surface area (Å²) in [6.07, 6.45) is 0.958. The first kappa shape index (κ1) is 11.2. The molecular weight excluding hydrogens is 178 g/mol. The van der Waals surface area contributed by atoms with Gasteiger partial charge in [0.15, 0.2) is 5.82 Å². The third-order valence-electron chi connectivity index (χ3n) is 2.47. The highest BCUT2D eigenvalue weighted by Crippen LogP contribution is 2.26. The lowest BCUT2D eigenvalue weighted by molar-refractivity contribution is 0.296. The zero-order valence-corrected chi connectivity index (χ0v) is 9.59. The second-order valence-electron chi connectivity index (χ2n) is 4.88. The minimum atomic E-state index is -0.536. The number of rotatable bonds is 3. The van der Waals surface area contributed by atoms with Crippen molar-refractivity contribution in [2.24, 2.45) is 5.73 Å². The molecule has 0 fully saturated rings. The van der Waals surface area contributed by atoms with Crippen LogP contribution in [0, 0.1) is 0 Å². The van der Waals surface area contributed by atoms with Crippen LogP contribution < -0.4 is 5.73 Å². The highest BCUT2D eigenvalue weighted by molar-refractivity contribution is 5.05. The van der Waals surface area contributed by atoms with Gasteiger partial charge in [0.05, 0.1) is 5.54 Å². The van der Waals surface area contributed by atoms with E-state index in [1.165, 1.54) is 0 Å². The number of hydrogen-bond donors (Lipinski definition) is 1. The Bertz CT molecular complexity index is 309. The van der Waals surface area contributed by atoms with Gasteiger partial charge in [0.2, 0.25) is 5.89 Å². The standard InChI is InChI=1S/C10H19N3O/c1-6-9(2,3)8-12-7(13-14-8)10(4,5)11/h6,11H2,1-5H3. The van der Waals surface area contributed by atoms with Gasteiger partial charge in [-0.1, -0.05) is 25.9 Å². The van der Waals surface area contributed by atoms with Crippen LogP contribution in [-0.4, -0.2) is 10.1 Å². The normalized spacial score (nSPS) is 13.3. The summed E-state index contributed by atoms with van der Waals surface area (Å²) in [7, 11) is 0. The fraction of sp³-hybridized carbons (Fsp3) is 0.800. The molecule has 0 saturated heterocycles. The lowest BCUT2D eigenvalue weighted by Crippen LogP contribution is -2.30. The SMILES string of the molecule is CCC(C)(C)c1nc(C(C)(C)N)no1. The van der Waals surface area contributed by atoms with E-state index in [4.69, 9.17) is 10.3 Å². The number of nitrogens with two attached hydrogens (primary N) is 1. The minimum absolute atomic E-state index is 0.0729. The number of nitrogens with zero attached hydrogens (tertiary/aromatic N) is 2. The fourth-order valence-corrected chi connectivity index (χ4v) is 0.911. The quantitative estimate of drug-likeness (QED) is 0.804. The summed E-state index contributed by atoms with van der Waals surface area (Å²) in [6, 6.07) is 0. The molecule has 0 aliphatic carbocycles. The molecule has 0 saturated carbocycles. The van der Waals surface area contributed by atoms with Crippen molar-refractivity contribution in [1.82, 2.24) is 10.1 Å². The molecule has 1 heterocycles. The van der Waals surface area contributed by atoms with Crippen molar-refractivity contribution in [1.29, 1.82) is 0 Å². The fourth-order valence-electron chi connectivity index (χ4n) is 0.911. The largest absolute Gasteiger partial charge is 0.339 e. The molecule has 14 heavy (non-hydrogen) atoms. The maximum atomic E-state index is 5.87. The van der Waals surface area contributed by atoms with Crippen LogP contribution >= 0.6 is 0 Å². The minimum Gasteiger partial charge on any atom is -0.339 e. The van der Waals surface area contributed by atoms with Crippen molar-refractivity contribution < 1.29 is 4.52 Å². The van der Waals surface area contributed by atoms with Crippen LogP contribution in [0.1, 0.15) is 52.8 Å². The van der Waals surface area contributed by atoms with Gasteiger partial charge >= 0.3 is 0 Å². The van der Waals surface area contributed by atoms with Crippen LogP contribution in [0.2, 0.25) is 0 Å². The molecule has 0 bridgehead atoms. The average Bonchev–Trinajstić information content (AvgIpc) is 2.51.